The van der Waals surface area contributed by atoms with Gasteiger partial charge in [-0.1, -0.05) is 0 Å². The number of alkyl halides is 3. The Morgan fingerprint density at radius 2 is 1.83 bits per heavy atom. The lowest BCUT2D eigenvalue weighted by atomic mass is 10.8. The maximum Gasteiger partial charge on any atom is 0.404 e. The fourth-order valence-corrected chi connectivity index (χ4v) is 1.40. The minimum absolute atomic E-state index is 0.404. The molecule has 0 heterocycles. The Balaban J connectivity index is 4.06. The second-order valence-corrected chi connectivity index (χ2v) is 3.80. The largest absolute Gasteiger partial charge is 0.404 e. The van der Waals surface area contributed by atoms with E-state index >= 15 is 0 Å². The summed E-state index contributed by atoms with van der Waals surface area (Å²) >= 11 is 0. The van der Waals surface area contributed by atoms with Crippen molar-refractivity contribution < 1.29 is 26.7 Å². The number of aliphatic hydroxyl groups is 1. The molecule has 0 saturated carbocycles. The molecule has 4 nitrogen and oxygen atoms in total. The van der Waals surface area contributed by atoms with E-state index in [0.29, 0.717) is 0 Å². The normalized spacial score (nSPS) is 13.3. The van der Waals surface area contributed by atoms with Crippen molar-refractivity contribution in [3.05, 3.63) is 0 Å². The highest BCUT2D eigenvalue weighted by atomic mass is 32.2. The van der Waals surface area contributed by atoms with Crippen molar-refractivity contribution in [3.8, 4) is 0 Å². The molecule has 2 N–H and O–H groups in total. The highest BCUT2D eigenvalue weighted by Gasteiger charge is 2.34. The fraction of sp³-hybridized carbons (Fsp3) is 1.00. The predicted molar refractivity (Wildman–Crippen MR) is 34.9 cm³/mol. The van der Waals surface area contributed by atoms with Gasteiger partial charge >= 0.3 is 6.18 Å². The van der Waals surface area contributed by atoms with Crippen LogP contribution in [0.3, 0.4) is 0 Å². The molecule has 0 aromatic rings. The van der Waals surface area contributed by atoms with Crippen LogP contribution in [0.4, 0.5) is 13.2 Å². The van der Waals surface area contributed by atoms with Crippen molar-refractivity contribution in [1.82, 2.24) is 4.72 Å². The Morgan fingerprint density at radius 1 is 1.33 bits per heavy atom. The summed E-state index contributed by atoms with van der Waals surface area (Å²) in [5, 5.41) is 8.12. The summed E-state index contributed by atoms with van der Waals surface area (Å²) in [5.74, 6) is -1.92. The topological polar surface area (TPSA) is 66.4 Å². The molecule has 0 fully saturated rings. The first-order valence-electron chi connectivity index (χ1n) is 2.92. The van der Waals surface area contributed by atoms with Gasteiger partial charge in [0.2, 0.25) is 10.0 Å². The molecule has 0 saturated heterocycles. The third-order valence-electron chi connectivity index (χ3n) is 0.787. The predicted octanol–water partition coefficient (Wildman–Crippen LogP) is -0.540. The fourth-order valence-electron chi connectivity index (χ4n) is 0.468. The van der Waals surface area contributed by atoms with E-state index in [2.05, 4.69) is 0 Å². The summed E-state index contributed by atoms with van der Waals surface area (Å²) < 4.78 is 57.0. The lowest BCUT2D eigenvalue weighted by molar-refractivity contribution is -0.106. The van der Waals surface area contributed by atoms with Crippen molar-refractivity contribution in [2.75, 3.05) is 18.9 Å². The molecule has 0 aromatic heterocycles. The van der Waals surface area contributed by atoms with E-state index in [1.165, 1.54) is 0 Å². The first-order valence-corrected chi connectivity index (χ1v) is 4.57. The van der Waals surface area contributed by atoms with Crippen LogP contribution in [-0.2, 0) is 10.0 Å². The van der Waals surface area contributed by atoms with Crippen LogP contribution in [0.2, 0.25) is 0 Å². The lowest BCUT2D eigenvalue weighted by Crippen LogP contribution is -2.35. The molecule has 0 radical (unpaired) electrons. The molecule has 0 bridgehead atoms. The van der Waals surface area contributed by atoms with Gasteiger partial charge in [0.1, 0.15) is 0 Å². The number of aliphatic hydroxyl groups excluding tert-OH is 1. The van der Waals surface area contributed by atoms with Crippen LogP contribution < -0.4 is 4.72 Å². The number of rotatable bonds is 4. The van der Waals surface area contributed by atoms with Crippen molar-refractivity contribution in [3.63, 3.8) is 0 Å². The van der Waals surface area contributed by atoms with Crippen LogP contribution in [0, 0.1) is 0 Å². The lowest BCUT2D eigenvalue weighted by Gasteiger charge is -2.07. The first-order chi connectivity index (χ1) is 5.27. The molecular weight excluding hydrogens is 199 g/mol. The second-order valence-electron chi connectivity index (χ2n) is 1.99. The van der Waals surface area contributed by atoms with Crippen molar-refractivity contribution in [2.24, 2.45) is 0 Å². The number of halogens is 3. The molecule has 0 unspecified atom stereocenters. The summed E-state index contributed by atoms with van der Waals surface area (Å²) in [5.41, 5.74) is 0. The SMILES string of the molecule is O=S(=O)(CC(F)(F)F)NCCO. The molecule has 0 amide bonds. The summed E-state index contributed by atoms with van der Waals surface area (Å²) in [7, 11) is -4.34. The van der Waals surface area contributed by atoms with Crippen LogP contribution in [0.15, 0.2) is 0 Å². The maximum atomic E-state index is 11.5. The Bertz CT molecular complexity index is 222. The van der Waals surface area contributed by atoms with Gasteiger partial charge in [-0.15, -0.1) is 0 Å². The highest BCUT2D eigenvalue weighted by molar-refractivity contribution is 7.89. The third-order valence-corrected chi connectivity index (χ3v) is 2.14. The Labute approximate surface area is 67.4 Å². The van der Waals surface area contributed by atoms with E-state index in [0.717, 1.165) is 0 Å². The van der Waals surface area contributed by atoms with Crippen LogP contribution in [-0.4, -0.2) is 38.6 Å². The summed E-state index contributed by atoms with van der Waals surface area (Å²) in [6.07, 6.45) is -4.75. The molecule has 0 aliphatic rings. The molecule has 0 spiro atoms. The zero-order valence-corrected chi connectivity index (χ0v) is 6.74. The zero-order valence-electron chi connectivity index (χ0n) is 5.93. The van der Waals surface area contributed by atoms with E-state index in [9.17, 15) is 21.6 Å². The number of sulfonamides is 1. The van der Waals surface area contributed by atoms with Crippen LogP contribution in [0.5, 0.6) is 0 Å². The van der Waals surface area contributed by atoms with Crippen molar-refractivity contribution >= 4 is 10.0 Å². The molecule has 0 aliphatic heterocycles. The standard InChI is InChI=1S/C4H8F3NO3S/c5-4(6,7)3-12(10,11)8-1-2-9/h8-9H,1-3H2. The number of hydrogen-bond donors (Lipinski definition) is 2. The number of hydrogen-bond acceptors (Lipinski definition) is 3. The third kappa shape index (κ3) is 6.38. The van der Waals surface area contributed by atoms with E-state index in [1.807, 2.05) is 0 Å². The average molecular weight is 207 g/mol. The van der Waals surface area contributed by atoms with Gasteiger partial charge in [-0.05, 0) is 0 Å². The molecule has 12 heavy (non-hydrogen) atoms. The summed E-state index contributed by atoms with van der Waals surface area (Å²) in [4.78, 5) is 0. The molecule has 74 valence electrons. The van der Waals surface area contributed by atoms with E-state index in [-0.39, 0.29) is 0 Å². The van der Waals surface area contributed by atoms with Gasteiger partial charge in [-0.25, -0.2) is 13.1 Å². The Kier molecular flexibility index (Phi) is 3.94. The van der Waals surface area contributed by atoms with E-state index < -0.39 is 35.1 Å². The van der Waals surface area contributed by atoms with Gasteiger partial charge in [-0.2, -0.15) is 13.2 Å². The highest BCUT2D eigenvalue weighted by Crippen LogP contribution is 2.16. The maximum absolute atomic E-state index is 11.5. The molecule has 0 aliphatic carbocycles. The van der Waals surface area contributed by atoms with Crippen molar-refractivity contribution in [2.45, 2.75) is 6.18 Å². The number of nitrogens with one attached hydrogen (secondary N) is 1. The van der Waals surface area contributed by atoms with Gasteiger partial charge in [0.15, 0.2) is 5.75 Å². The van der Waals surface area contributed by atoms with Gasteiger partial charge < -0.3 is 5.11 Å². The summed E-state index contributed by atoms with van der Waals surface area (Å²) in [6.45, 7) is -0.935. The van der Waals surface area contributed by atoms with Gasteiger partial charge in [-0.3, -0.25) is 0 Å². The first kappa shape index (κ1) is 11.7. The Morgan fingerprint density at radius 3 is 2.17 bits per heavy atom. The van der Waals surface area contributed by atoms with Gasteiger partial charge in [0.05, 0.1) is 6.61 Å². The van der Waals surface area contributed by atoms with Crippen LogP contribution in [0.1, 0.15) is 0 Å². The minimum atomic E-state index is -4.75. The summed E-state index contributed by atoms with van der Waals surface area (Å²) in [6, 6.07) is 0. The zero-order chi connectivity index (χ0) is 9.83. The van der Waals surface area contributed by atoms with Crippen LogP contribution >= 0.6 is 0 Å². The minimum Gasteiger partial charge on any atom is -0.395 e. The van der Waals surface area contributed by atoms with Crippen LogP contribution in [0.25, 0.3) is 0 Å². The Hall–Kier alpha value is -0.340. The van der Waals surface area contributed by atoms with E-state index in [1.54, 1.807) is 4.72 Å². The van der Waals surface area contributed by atoms with Gasteiger partial charge in [0.25, 0.3) is 0 Å². The molecular formula is C4H8F3NO3S. The average Bonchev–Trinajstić information content (AvgIpc) is 1.78. The monoisotopic (exact) mass is 207 g/mol. The van der Waals surface area contributed by atoms with Gasteiger partial charge in [0, 0.05) is 6.54 Å². The molecule has 0 aromatic carbocycles. The molecule has 8 heteroatoms. The van der Waals surface area contributed by atoms with Crippen molar-refractivity contribution in [1.29, 1.82) is 0 Å². The molecule has 0 rings (SSSR count). The molecule has 0 atom stereocenters. The smallest absolute Gasteiger partial charge is 0.395 e. The second kappa shape index (κ2) is 4.06. The quantitative estimate of drug-likeness (QED) is 0.650. The van der Waals surface area contributed by atoms with E-state index in [4.69, 9.17) is 5.11 Å².